The highest BCUT2D eigenvalue weighted by molar-refractivity contribution is 5.76. The number of rotatable bonds is 5. The van der Waals surface area contributed by atoms with E-state index in [9.17, 15) is 13.6 Å². The summed E-state index contributed by atoms with van der Waals surface area (Å²) >= 11 is 0. The number of aromatic nitrogens is 1. The van der Waals surface area contributed by atoms with Gasteiger partial charge in [0.2, 0.25) is 5.91 Å². The number of nitrogens with one attached hydrogen (secondary N) is 2. The molecule has 0 radical (unpaired) electrons. The van der Waals surface area contributed by atoms with Gasteiger partial charge in [-0.3, -0.25) is 4.79 Å². The molecule has 0 fully saturated rings. The molecule has 5 heteroatoms. The molecular weight excluding hydrogens is 250 g/mol. The van der Waals surface area contributed by atoms with Crippen LogP contribution in [0.4, 0.5) is 8.78 Å². The van der Waals surface area contributed by atoms with E-state index in [0.29, 0.717) is 18.5 Å². The van der Waals surface area contributed by atoms with E-state index in [1.54, 1.807) is 6.20 Å². The minimum absolute atomic E-state index is 0.153. The van der Waals surface area contributed by atoms with Crippen molar-refractivity contribution in [2.24, 2.45) is 0 Å². The average molecular weight is 264 g/mol. The van der Waals surface area contributed by atoms with Crippen molar-refractivity contribution < 1.29 is 13.6 Å². The van der Waals surface area contributed by atoms with Gasteiger partial charge < -0.3 is 10.3 Å². The molecule has 2 rings (SSSR count). The predicted octanol–water partition coefficient (Wildman–Crippen LogP) is 2.54. The van der Waals surface area contributed by atoms with Gasteiger partial charge in [-0.2, -0.15) is 0 Å². The maximum Gasteiger partial charge on any atom is 0.220 e. The van der Waals surface area contributed by atoms with Crippen LogP contribution in [0.2, 0.25) is 0 Å². The average Bonchev–Trinajstić information content (AvgIpc) is 2.86. The van der Waals surface area contributed by atoms with E-state index in [0.717, 1.165) is 11.8 Å². The number of amides is 1. The van der Waals surface area contributed by atoms with Crippen LogP contribution >= 0.6 is 0 Å². The van der Waals surface area contributed by atoms with Crippen molar-refractivity contribution in [2.75, 3.05) is 0 Å². The zero-order chi connectivity index (χ0) is 13.7. The Morgan fingerprint density at radius 1 is 1.21 bits per heavy atom. The van der Waals surface area contributed by atoms with E-state index in [2.05, 4.69) is 10.3 Å². The number of aromatic amines is 1. The summed E-state index contributed by atoms with van der Waals surface area (Å²) in [5.74, 6) is -1.40. The van der Waals surface area contributed by atoms with Crippen LogP contribution in [0.1, 0.15) is 17.7 Å². The fourth-order valence-electron chi connectivity index (χ4n) is 1.77. The Morgan fingerprint density at radius 2 is 1.95 bits per heavy atom. The van der Waals surface area contributed by atoms with Crippen molar-refractivity contribution in [3.63, 3.8) is 0 Å². The highest BCUT2D eigenvalue weighted by Gasteiger charge is 2.05. The number of hydrogen-bond donors (Lipinski definition) is 2. The molecule has 0 atom stereocenters. The summed E-state index contributed by atoms with van der Waals surface area (Å²) in [7, 11) is 0. The lowest BCUT2D eigenvalue weighted by atomic mass is 10.1. The quantitative estimate of drug-likeness (QED) is 0.856. The molecule has 19 heavy (non-hydrogen) atoms. The molecule has 0 aliphatic rings. The summed E-state index contributed by atoms with van der Waals surface area (Å²) in [4.78, 5) is 14.5. The first-order valence-corrected chi connectivity index (χ1v) is 5.97. The van der Waals surface area contributed by atoms with Crippen molar-refractivity contribution in [2.45, 2.75) is 19.4 Å². The van der Waals surface area contributed by atoms with E-state index >= 15 is 0 Å². The summed E-state index contributed by atoms with van der Waals surface area (Å²) < 4.78 is 25.9. The van der Waals surface area contributed by atoms with Gasteiger partial charge in [-0.05, 0) is 36.2 Å². The molecule has 1 aromatic carbocycles. The molecule has 0 saturated carbocycles. The first kappa shape index (κ1) is 13.3. The molecule has 0 aliphatic carbocycles. The first-order chi connectivity index (χ1) is 9.13. The molecule has 0 bridgehead atoms. The van der Waals surface area contributed by atoms with Crippen molar-refractivity contribution in [3.05, 3.63) is 59.4 Å². The lowest BCUT2D eigenvalue weighted by Crippen LogP contribution is -2.23. The number of halogens is 2. The number of hydrogen-bond acceptors (Lipinski definition) is 1. The van der Waals surface area contributed by atoms with E-state index in [1.807, 2.05) is 12.1 Å². The van der Waals surface area contributed by atoms with Gasteiger partial charge in [-0.25, -0.2) is 8.78 Å². The number of aryl methyl sites for hydroxylation is 1. The molecule has 0 spiro atoms. The van der Waals surface area contributed by atoms with Crippen LogP contribution in [-0.2, 0) is 17.8 Å². The van der Waals surface area contributed by atoms with Crippen LogP contribution in [0.15, 0.2) is 36.5 Å². The molecule has 2 aromatic rings. The van der Waals surface area contributed by atoms with Crippen LogP contribution in [0, 0.1) is 11.6 Å². The second kappa shape index (κ2) is 6.13. The zero-order valence-electron chi connectivity index (χ0n) is 10.2. The predicted molar refractivity (Wildman–Crippen MR) is 67.3 cm³/mol. The molecule has 0 saturated heterocycles. The van der Waals surface area contributed by atoms with Gasteiger partial charge in [0.05, 0.1) is 6.54 Å². The SMILES string of the molecule is O=C(CCc1cc(F)cc(F)c1)NCc1ccc[nH]1. The standard InChI is InChI=1S/C14H14F2N2O/c15-11-6-10(7-12(16)8-11)3-4-14(19)18-9-13-2-1-5-17-13/h1-2,5-8,17H,3-4,9H2,(H,18,19). The monoisotopic (exact) mass is 264 g/mol. The number of benzene rings is 1. The van der Waals surface area contributed by atoms with Crippen LogP contribution < -0.4 is 5.32 Å². The Labute approximate surface area is 109 Å². The van der Waals surface area contributed by atoms with Gasteiger partial charge in [0, 0.05) is 24.4 Å². The highest BCUT2D eigenvalue weighted by atomic mass is 19.1. The van der Waals surface area contributed by atoms with Gasteiger partial charge in [0.15, 0.2) is 0 Å². The Balaban J connectivity index is 1.79. The van der Waals surface area contributed by atoms with Crippen molar-refractivity contribution >= 4 is 5.91 Å². The van der Waals surface area contributed by atoms with Crippen molar-refractivity contribution in [1.82, 2.24) is 10.3 Å². The highest BCUT2D eigenvalue weighted by Crippen LogP contribution is 2.09. The molecule has 1 heterocycles. The molecule has 2 N–H and O–H groups in total. The lowest BCUT2D eigenvalue weighted by Gasteiger charge is -2.04. The topological polar surface area (TPSA) is 44.9 Å². The van der Waals surface area contributed by atoms with Crippen molar-refractivity contribution in [3.8, 4) is 0 Å². The van der Waals surface area contributed by atoms with Crippen LogP contribution in [-0.4, -0.2) is 10.9 Å². The maximum absolute atomic E-state index is 12.9. The Hall–Kier alpha value is -2.17. The second-order valence-corrected chi connectivity index (χ2v) is 4.25. The Kier molecular flexibility index (Phi) is 4.28. The number of carbonyl (C=O) groups is 1. The van der Waals surface area contributed by atoms with E-state index in [-0.39, 0.29) is 12.3 Å². The van der Waals surface area contributed by atoms with E-state index in [4.69, 9.17) is 0 Å². The minimum Gasteiger partial charge on any atom is -0.364 e. The number of carbonyl (C=O) groups excluding carboxylic acids is 1. The third kappa shape index (κ3) is 4.21. The summed E-state index contributed by atoms with van der Waals surface area (Å²) in [6, 6.07) is 7.00. The van der Waals surface area contributed by atoms with Crippen LogP contribution in [0.25, 0.3) is 0 Å². The largest absolute Gasteiger partial charge is 0.364 e. The smallest absolute Gasteiger partial charge is 0.220 e. The van der Waals surface area contributed by atoms with Crippen LogP contribution in [0.3, 0.4) is 0 Å². The van der Waals surface area contributed by atoms with E-state index in [1.165, 1.54) is 12.1 Å². The molecule has 0 unspecified atom stereocenters. The lowest BCUT2D eigenvalue weighted by molar-refractivity contribution is -0.121. The molecule has 0 aliphatic heterocycles. The first-order valence-electron chi connectivity index (χ1n) is 5.97. The maximum atomic E-state index is 12.9. The third-order valence-corrected chi connectivity index (χ3v) is 2.70. The van der Waals surface area contributed by atoms with Crippen molar-refractivity contribution in [1.29, 1.82) is 0 Å². The molecule has 1 amide bonds. The Bertz CT molecular complexity index is 532. The fraction of sp³-hybridized carbons (Fsp3) is 0.214. The molecule has 100 valence electrons. The second-order valence-electron chi connectivity index (χ2n) is 4.25. The van der Waals surface area contributed by atoms with Gasteiger partial charge in [-0.1, -0.05) is 0 Å². The molecule has 3 nitrogen and oxygen atoms in total. The fourth-order valence-corrected chi connectivity index (χ4v) is 1.77. The summed E-state index contributed by atoms with van der Waals surface area (Å²) in [6.07, 6.45) is 2.28. The van der Waals surface area contributed by atoms with Crippen LogP contribution in [0.5, 0.6) is 0 Å². The molecular formula is C14H14F2N2O. The third-order valence-electron chi connectivity index (χ3n) is 2.70. The van der Waals surface area contributed by atoms with Gasteiger partial charge >= 0.3 is 0 Å². The summed E-state index contributed by atoms with van der Waals surface area (Å²) in [5, 5.41) is 2.73. The Morgan fingerprint density at radius 3 is 2.58 bits per heavy atom. The normalized spacial score (nSPS) is 10.4. The van der Waals surface area contributed by atoms with Gasteiger partial charge in [-0.15, -0.1) is 0 Å². The van der Waals surface area contributed by atoms with E-state index < -0.39 is 11.6 Å². The zero-order valence-corrected chi connectivity index (χ0v) is 10.2. The van der Waals surface area contributed by atoms with Gasteiger partial charge in [0.1, 0.15) is 11.6 Å². The molecule has 1 aromatic heterocycles. The summed E-state index contributed by atoms with van der Waals surface area (Å²) in [6.45, 7) is 0.420. The minimum atomic E-state index is -0.623. The number of H-pyrrole nitrogens is 1. The van der Waals surface area contributed by atoms with Gasteiger partial charge in [0.25, 0.3) is 0 Å². The summed E-state index contributed by atoms with van der Waals surface area (Å²) in [5.41, 5.74) is 1.39.